The molecule has 4 rings (SSSR count). The van der Waals surface area contributed by atoms with E-state index in [4.69, 9.17) is 4.74 Å². The Hall–Kier alpha value is -4.43. The van der Waals surface area contributed by atoms with Crippen LogP contribution in [0.3, 0.4) is 0 Å². The molecule has 0 radical (unpaired) electrons. The van der Waals surface area contributed by atoms with E-state index < -0.39 is 11.9 Å². The molecule has 4 aromatic carbocycles. The molecular formula is C29H23BrN2O5. The number of aromatic hydroxyl groups is 1. The van der Waals surface area contributed by atoms with Gasteiger partial charge in [-0.1, -0.05) is 54.6 Å². The first kappa shape index (κ1) is 25.7. The Morgan fingerprint density at radius 3 is 2.43 bits per heavy atom. The standard InChI is InChI=1S/C29H23BrN2O5/c1-37-29(36)26(16-20-9-5-8-19-7-2-3-11-23(19)20)32-28(35)24-13-12-21(15-25(24)30)27(34)31-17-18-6-4-10-22(33)14-18/h2-16,33H,17H2,1H3,(H,31,34)(H,32,35)/b26-16+. The number of nitrogens with one attached hydrogen (secondary N) is 2. The van der Waals surface area contributed by atoms with E-state index in [9.17, 15) is 19.5 Å². The lowest BCUT2D eigenvalue weighted by Crippen LogP contribution is -2.28. The van der Waals surface area contributed by atoms with Crippen LogP contribution in [0.5, 0.6) is 5.75 Å². The molecule has 0 aliphatic rings. The summed E-state index contributed by atoms with van der Waals surface area (Å²) in [7, 11) is 1.24. The number of ether oxygens (including phenoxy) is 1. The molecule has 0 aliphatic heterocycles. The van der Waals surface area contributed by atoms with E-state index in [1.54, 1.807) is 30.3 Å². The minimum atomic E-state index is -0.694. The van der Waals surface area contributed by atoms with Crippen LogP contribution in [0.15, 0.2) is 95.1 Å². The normalized spacial score (nSPS) is 11.1. The average Bonchev–Trinajstić information content (AvgIpc) is 2.91. The van der Waals surface area contributed by atoms with Crippen molar-refractivity contribution in [2.75, 3.05) is 7.11 Å². The lowest BCUT2D eigenvalue weighted by Gasteiger charge is -2.12. The number of esters is 1. The van der Waals surface area contributed by atoms with Gasteiger partial charge >= 0.3 is 5.97 Å². The van der Waals surface area contributed by atoms with Gasteiger partial charge in [0, 0.05) is 16.6 Å². The lowest BCUT2D eigenvalue weighted by atomic mass is 10.0. The third kappa shape index (κ3) is 6.23. The van der Waals surface area contributed by atoms with E-state index in [0.717, 1.165) is 21.9 Å². The molecule has 0 aliphatic carbocycles. The zero-order valence-corrected chi connectivity index (χ0v) is 21.4. The highest BCUT2D eigenvalue weighted by molar-refractivity contribution is 9.10. The summed E-state index contributed by atoms with van der Waals surface area (Å²) in [6.45, 7) is 0.231. The van der Waals surface area contributed by atoms with Crippen LogP contribution in [0.25, 0.3) is 16.8 Å². The molecule has 0 saturated carbocycles. The Balaban J connectivity index is 1.52. The molecule has 0 atom stereocenters. The molecular weight excluding hydrogens is 536 g/mol. The van der Waals surface area contributed by atoms with Crippen LogP contribution in [0, 0.1) is 0 Å². The fourth-order valence-electron chi connectivity index (χ4n) is 3.77. The molecule has 0 heterocycles. The van der Waals surface area contributed by atoms with Gasteiger partial charge in [-0.3, -0.25) is 9.59 Å². The molecule has 7 nitrogen and oxygen atoms in total. The van der Waals surface area contributed by atoms with Gasteiger partial charge in [-0.2, -0.15) is 0 Å². The average molecular weight is 559 g/mol. The SMILES string of the molecule is COC(=O)/C(=C\c1cccc2ccccc12)NC(=O)c1ccc(C(=O)NCc2cccc(O)c2)cc1Br. The Labute approximate surface area is 221 Å². The second-order valence-corrected chi connectivity index (χ2v) is 8.97. The Morgan fingerprint density at radius 1 is 0.919 bits per heavy atom. The van der Waals surface area contributed by atoms with E-state index in [0.29, 0.717) is 10.0 Å². The monoisotopic (exact) mass is 558 g/mol. The van der Waals surface area contributed by atoms with Crippen molar-refractivity contribution in [1.29, 1.82) is 0 Å². The third-order valence-corrected chi connectivity index (χ3v) is 6.27. The number of halogens is 1. The number of methoxy groups -OCH3 is 1. The summed E-state index contributed by atoms with van der Waals surface area (Å²) in [5.41, 5.74) is 2.04. The summed E-state index contributed by atoms with van der Waals surface area (Å²) in [6, 6.07) is 24.5. The number of hydrogen-bond donors (Lipinski definition) is 3. The summed E-state index contributed by atoms with van der Waals surface area (Å²) < 4.78 is 5.26. The molecule has 0 saturated heterocycles. The van der Waals surface area contributed by atoms with E-state index in [1.807, 2.05) is 42.5 Å². The third-order valence-electron chi connectivity index (χ3n) is 5.62. The first-order valence-electron chi connectivity index (χ1n) is 11.3. The highest BCUT2D eigenvalue weighted by Crippen LogP contribution is 2.22. The van der Waals surface area contributed by atoms with Crippen molar-refractivity contribution >= 4 is 50.6 Å². The number of carbonyl (C=O) groups is 3. The molecule has 2 amide bonds. The smallest absolute Gasteiger partial charge is 0.354 e. The van der Waals surface area contributed by atoms with Crippen LogP contribution in [0.1, 0.15) is 31.8 Å². The maximum absolute atomic E-state index is 13.1. The molecule has 186 valence electrons. The summed E-state index contributed by atoms with van der Waals surface area (Å²) in [4.78, 5) is 38.1. The summed E-state index contributed by atoms with van der Waals surface area (Å²) in [5.74, 6) is -1.47. The molecule has 4 aromatic rings. The van der Waals surface area contributed by atoms with Crippen molar-refractivity contribution < 1.29 is 24.2 Å². The summed E-state index contributed by atoms with van der Waals surface area (Å²) in [5, 5.41) is 16.9. The molecule has 37 heavy (non-hydrogen) atoms. The number of hydrogen-bond acceptors (Lipinski definition) is 5. The van der Waals surface area contributed by atoms with Crippen LogP contribution in [-0.2, 0) is 16.1 Å². The number of rotatable bonds is 7. The highest BCUT2D eigenvalue weighted by Gasteiger charge is 2.18. The zero-order valence-electron chi connectivity index (χ0n) is 19.8. The molecule has 0 fully saturated rings. The van der Waals surface area contributed by atoms with Crippen molar-refractivity contribution in [2.45, 2.75) is 6.54 Å². The predicted octanol–water partition coefficient (Wildman–Crippen LogP) is 5.18. The zero-order chi connectivity index (χ0) is 26.4. The van der Waals surface area contributed by atoms with Crippen LogP contribution >= 0.6 is 15.9 Å². The first-order chi connectivity index (χ1) is 17.9. The van der Waals surface area contributed by atoms with Gasteiger partial charge < -0.3 is 20.5 Å². The minimum Gasteiger partial charge on any atom is -0.508 e. The predicted molar refractivity (Wildman–Crippen MR) is 145 cm³/mol. The number of carbonyl (C=O) groups excluding carboxylic acids is 3. The number of fused-ring (bicyclic) bond motifs is 1. The molecule has 0 spiro atoms. The van der Waals surface area contributed by atoms with E-state index in [-0.39, 0.29) is 29.5 Å². The van der Waals surface area contributed by atoms with Gasteiger partial charge in [0.2, 0.25) is 0 Å². The van der Waals surface area contributed by atoms with Gasteiger partial charge in [-0.15, -0.1) is 0 Å². The number of benzene rings is 4. The van der Waals surface area contributed by atoms with Gasteiger partial charge in [0.15, 0.2) is 0 Å². The second-order valence-electron chi connectivity index (χ2n) is 8.12. The fraction of sp³-hybridized carbons (Fsp3) is 0.0690. The second kappa shape index (κ2) is 11.5. The molecule has 0 bridgehead atoms. The minimum absolute atomic E-state index is 0.0244. The first-order valence-corrected chi connectivity index (χ1v) is 12.1. The number of amides is 2. The van der Waals surface area contributed by atoms with Crippen molar-refractivity contribution in [3.05, 3.63) is 117 Å². The van der Waals surface area contributed by atoms with Gasteiger partial charge in [-0.05, 0) is 74.2 Å². The molecule has 0 unspecified atom stereocenters. The number of phenolic OH excluding ortho intramolecular Hbond substituents is 1. The quantitative estimate of drug-likeness (QED) is 0.214. The van der Waals surface area contributed by atoms with Crippen molar-refractivity contribution in [3.8, 4) is 5.75 Å². The van der Waals surface area contributed by atoms with Crippen LogP contribution in [-0.4, -0.2) is 30.0 Å². The van der Waals surface area contributed by atoms with E-state index in [1.165, 1.54) is 25.3 Å². The van der Waals surface area contributed by atoms with Gasteiger partial charge in [-0.25, -0.2) is 4.79 Å². The molecule has 0 aromatic heterocycles. The maximum Gasteiger partial charge on any atom is 0.354 e. The van der Waals surface area contributed by atoms with Crippen molar-refractivity contribution in [3.63, 3.8) is 0 Å². The van der Waals surface area contributed by atoms with Gasteiger partial charge in [0.25, 0.3) is 11.8 Å². The molecule has 3 N–H and O–H groups in total. The van der Waals surface area contributed by atoms with Crippen molar-refractivity contribution in [1.82, 2.24) is 10.6 Å². The largest absolute Gasteiger partial charge is 0.508 e. The Morgan fingerprint density at radius 2 is 1.68 bits per heavy atom. The van der Waals surface area contributed by atoms with Crippen LogP contribution in [0.4, 0.5) is 0 Å². The highest BCUT2D eigenvalue weighted by atomic mass is 79.9. The van der Waals surface area contributed by atoms with Crippen molar-refractivity contribution in [2.24, 2.45) is 0 Å². The fourth-order valence-corrected chi connectivity index (χ4v) is 4.33. The van der Waals surface area contributed by atoms with Crippen LogP contribution < -0.4 is 10.6 Å². The number of phenols is 1. The van der Waals surface area contributed by atoms with Gasteiger partial charge in [0.1, 0.15) is 11.4 Å². The Kier molecular flexibility index (Phi) is 8.00. The Bertz CT molecular complexity index is 1520. The summed E-state index contributed by atoms with van der Waals surface area (Å²) in [6.07, 6.45) is 1.57. The van der Waals surface area contributed by atoms with E-state index in [2.05, 4.69) is 26.6 Å². The maximum atomic E-state index is 13.1. The van der Waals surface area contributed by atoms with E-state index >= 15 is 0 Å². The topological polar surface area (TPSA) is 105 Å². The summed E-state index contributed by atoms with van der Waals surface area (Å²) >= 11 is 3.36. The lowest BCUT2D eigenvalue weighted by molar-refractivity contribution is -0.136. The van der Waals surface area contributed by atoms with Gasteiger partial charge in [0.05, 0.1) is 12.7 Å². The van der Waals surface area contributed by atoms with Crippen LogP contribution in [0.2, 0.25) is 0 Å². The molecule has 8 heteroatoms.